The monoisotopic (exact) mass is 626 g/mol. The number of hydrogen-bond acceptors (Lipinski definition) is 8. The van der Waals surface area contributed by atoms with E-state index < -0.39 is 17.7 Å². The number of rotatable bonds is 4. The van der Waals surface area contributed by atoms with Crippen molar-refractivity contribution >= 4 is 71.7 Å². The zero-order valence-electron chi connectivity index (χ0n) is 20.6. The molecule has 0 unspecified atom stereocenters. The molecule has 2 aliphatic heterocycles. The highest BCUT2D eigenvalue weighted by Gasteiger charge is 2.48. The molecule has 1 aromatic heterocycles. The quantitative estimate of drug-likeness (QED) is 0.154. The first kappa shape index (κ1) is 25.7. The van der Waals surface area contributed by atoms with Gasteiger partial charge >= 0.3 is 5.91 Å². The molecule has 0 saturated carbocycles. The fourth-order valence-electron chi connectivity index (χ4n) is 4.97. The molecule has 2 atom stereocenters. The van der Waals surface area contributed by atoms with Gasteiger partial charge in [-0.1, -0.05) is 22.9 Å². The Hall–Kier alpha value is -3.60. The van der Waals surface area contributed by atoms with Crippen molar-refractivity contribution in [2.75, 3.05) is 12.0 Å². The summed E-state index contributed by atoms with van der Waals surface area (Å²) in [6, 6.07) is 12.4. The summed E-state index contributed by atoms with van der Waals surface area (Å²) in [6.07, 6.45) is 0.655. The van der Waals surface area contributed by atoms with E-state index in [9.17, 15) is 19.8 Å². The molecule has 1 saturated heterocycles. The minimum atomic E-state index is -1.06. The number of aliphatic hydroxyl groups is 1. The highest BCUT2D eigenvalue weighted by molar-refractivity contribution is 9.10. The van der Waals surface area contributed by atoms with Gasteiger partial charge in [0.1, 0.15) is 17.6 Å². The Morgan fingerprint density at radius 2 is 2.00 bits per heavy atom. The summed E-state index contributed by atoms with van der Waals surface area (Å²) in [6.45, 7) is 1.95. The average Bonchev–Trinajstić information content (AvgIpc) is 3.57. The molecule has 3 aromatic carbocycles. The summed E-state index contributed by atoms with van der Waals surface area (Å²) in [5, 5.41) is 22.7. The van der Waals surface area contributed by atoms with E-state index >= 15 is 0 Å². The summed E-state index contributed by atoms with van der Waals surface area (Å²) in [5.41, 5.74) is 2.21. The Kier molecular flexibility index (Phi) is 6.28. The largest absolute Gasteiger partial charge is 0.507 e. The van der Waals surface area contributed by atoms with Crippen LogP contribution < -0.4 is 14.4 Å². The third-order valence-corrected chi connectivity index (χ3v) is 8.60. The predicted octanol–water partition coefficient (Wildman–Crippen LogP) is 6.38. The number of aromatic nitrogens is 1. The number of Topliss-reactive ketones (excluding diaryl/α,β-unsaturated/α-hetero) is 1. The van der Waals surface area contributed by atoms with Crippen LogP contribution in [0.15, 0.2) is 58.6 Å². The number of halogens is 2. The Labute approximate surface area is 240 Å². The van der Waals surface area contributed by atoms with Gasteiger partial charge in [-0.2, -0.15) is 0 Å². The maximum atomic E-state index is 13.6. The number of thiazole rings is 1. The number of aromatic hydroxyl groups is 1. The standard InChI is InChI=1S/C28H20BrClN2O6S/c1-12-7-14-8-13(3-6-19(14)38-12)24(33)22-23(15-9-17(29)25(34)20(10-15)37-2)32(27(36)26(22)35)28-31-18-5-4-16(30)11-21(18)39-28/h3-6,8-12,23,33-34H,7H2,1-2H3/t12-,23-/m1/s1. The van der Waals surface area contributed by atoms with E-state index in [1.165, 1.54) is 29.4 Å². The van der Waals surface area contributed by atoms with Gasteiger partial charge in [-0.15, -0.1) is 0 Å². The normalized spacial score (nSPS) is 19.9. The molecule has 0 radical (unpaired) electrons. The van der Waals surface area contributed by atoms with E-state index in [1.807, 2.05) is 6.92 Å². The van der Waals surface area contributed by atoms with E-state index in [0.717, 1.165) is 16.0 Å². The molecule has 0 aliphatic carbocycles. The van der Waals surface area contributed by atoms with E-state index in [4.69, 9.17) is 21.1 Å². The molecular formula is C28H20BrClN2O6S. The third kappa shape index (κ3) is 4.23. The van der Waals surface area contributed by atoms with Gasteiger partial charge in [0.2, 0.25) is 0 Å². The van der Waals surface area contributed by atoms with Crippen LogP contribution in [0.3, 0.4) is 0 Å². The van der Waals surface area contributed by atoms with Crippen molar-refractivity contribution < 1.29 is 29.3 Å². The number of fused-ring (bicyclic) bond motifs is 2. The van der Waals surface area contributed by atoms with Crippen molar-refractivity contribution in [1.29, 1.82) is 0 Å². The molecule has 11 heteroatoms. The SMILES string of the molecule is COc1cc([C@@H]2C(=C(O)c3ccc4c(c3)C[C@@H](C)O4)C(=O)C(=O)N2c2nc3ccc(Cl)cc3s2)cc(Br)c1O. The van der Waals surface area contributed by atoms with E-state index in [0.29, 0.717) is 32.6 Å². The fourth-order valence-corrected chi connectivity index (χ4v) is 6.69. The fraction of sp³-hybridized carbons (Fsp3) is 0.179. The zero-order chi connectivity index (χ0) is 27.6. The number of benzene rings is 3. The minimum absolute atomic E-state index is 0.00248. The van der Waals surface area contributed by atoms with Crippen LogP contribution in [-0.2, 0) is 16.0 Å². The lowest BCUT2D eigenvalue weighted by Gasteiger charge is -2.24. The molecule has 2 N–H and O–H groups in total. The van der Waals surface area contributed by atoms with Gasteiger partial charge < -0.3 is 19.7 Å². The van der Waals surface area contributed by atoms with Crippen LogP contribution in [0, 0.1) is 0 Å². The number of methoxy groups -OCH3 is 1. The number of carbonyl (C=O) groups excluding carboxylic acids is 2. The molecule has 1 fully saturated rings. The molecule has 2 aliphatic rings. The summed E-state index contributed by atoms with van der Waals surface area (Å²) in [4.78, 5) is 33.0. The van der Waals surface area contributed by atoms with Crippen LogP contribution in [0.4, 0.5) is 5.13 Å². The Balaban J connectivity index is 1.57. The van der Waals surface area contributed by atoms with Gasteiger partial charge in [-0.25, -0.2) is 4.98 Å². The lowest BCUT2D eigenvalue weighted by Crippen LogP contribution is -2.29. The van der Waals surface area contributed by atoms with Gasteiger partial charge in [-0.05, 0) is 82.5 Å². The number of aliphatic hydroxyl groups excluding tert-OH is 1. The van der Waals surface area contributed by atoms with Crippen molar-refractivity contribution in [3.8, 4) is 17.2 Å². The molecule has 39 heavy (non-hydrogen) atoms. The number of nitrogens with zero attached hydrogens (tertiary/aromatic N) is 2. The second kappa shape index (κ2) is 9.55. The lowest BCUT2D eigenvalue weighted by molar-refractivity contribution is -0.132. The summed E-state index contributed by atoms with van der Waals surface area (Å²) >= 11 is 10.7. The molecule has 8 nitrogen and oxygen atoms in total. The molecule has 4 aromatic rings. The highest BCUT2D eigenvalue weighted by atomic mass is 79.9. The van der Waals surface area contributed by atoms with Crippen molar-refractivity contribution in [1.82, 2.24) is 4.98 Å². The van der Waals surface area contributed by atoms with Gasteiger partial charge in [0.15, 0.2) is 16.6 Å². The van der Waals surface area contributed by atoms with Gasteiger partial charge in [-0.3, -0.25) is 14.5 Å². The zero-order valence-corrected chi connectivity index (χ0v) is 23.7. The highest BCUT2D eigenvalue weighted by Crippen LogP contribution is 2.47. The van der Waals surface area contributed by atoms with Crippen molar-refractivity contribution in [2.24, 2.45) is 0 Å². The van der Waals surface area contributed by atoms with Crippen molar-refractivity contribution in [3.05, 3.63) is 80.3 Å². The van der Waals surface area contributed by atoms with Crippen LogP contribution in [0.1, 0.15) is 29.7 Å². The minimum Gasteiger partial charge on any atom is -0.507 e. The Morgan fingerprint density at radius 3 is 2.77 bits per heavy atom. The second-order valence-corrected chi connectivity index (χ2v) is 11.6. The molecule has 3 heterocycles. The molecular weight excluding hydrogens is 608 g/mol. The summed E-state index contributed by atoms with van der Waals surface area (Å²) in [5.74, 6) is -1.31. The summed E-state index contributed by atoms with van der Waals surface area (Å²) in [7, 11) is 1.40. The Morgan fingerprint density at radius 1 is 1.21 bits per heavy atom. The van der Waals surface area contributed by atoms with Crippen LogP contribution in [0.25, 0.3) is 16.0 Å². The smallest absolute Gasteiger partial charge is 0.301 e. The first-order valence-corrected chi connectivity index (χ1v) is 13.9. The van der Waals surface area contributed by atoms with Gasteiger partial charge in [0.05, 0.1) is 33.4 Å². The van der Waals surface area contributed by atoms with E-state index in [2.05, 4.69) is 20.9 Å². The van der Waals surface area contributed by atoms with Crippen LogP contribution in [-0.4, -0.2) is 40.1 Å². The number of hydrogen-bond donors (Lipinski definition) is 2. The average molecular weight is 628 g/mol. The Bertz CT molecular complexity index is 1730. The second-order valence-electron chi connectivity index (χ2n) is 9.29. The maximum absolute atomic E-state index is 13.6. The van der Waals surface area contributed by atoms with Gasteiger partial charge in [0, 0.05) is 17.0 Å². The van der Waals surface area contributed by atoms with Crippen LogP contribution in [0.2, 0.25) is 5.02 Å². The van der Waals surface area contributed by atoms with Crippen molar-refractivity contribution in [3.63, 3.8) is 0 Å². The molecule has 0 bridgehead atoms. The first-order valence-electron chi connectivity index (χ1n) is 11.9. The summed E-state index contributed by atoms with van der Waals surface area (Å²) < 4.78 is 12.1. The molecule has 6 rings (SSSR count). The number of ketones is 1. The molecule has 198 valence electrons. The molecule has 1 amide bonds. The number of amides is 1. The number of carbonyl (C=O) groups is 2. The third-order valence-electron chi connectivity index (χ3n) is 6.75. The number of anilines is 1. The van der Waals surface area contributed by atoms with E-state index in [1.54, 1.807) is 42.5 Å². The molecule has 0 spiro atoms. The van der Waals surface area contributed by atoms with Gasteiger partial charge in [0.25, 0.3) is 5.78 Å². The lowest BCUT2D eigenvalue weighted by atomic mass is 9.94. The van der Waals surface area contributed by atoms with E-state index in [-0.39, 0.29) is 34.1 Å². The number of ether oxygens (including phenoxy) is 2. The topological polar surface area (TPSA) is 109 Å². The number of phenolic OH excluding ortho intramolecular Hbond substituents is 1. The maximum Gasteiger partial charge on any atom is 0.301 e. The first-order chi connectivity index (χ1) is 18.7. The predicted molar refractivity (Wildman–Crippen MR) is 152 cm³/mol. The number of phenols is 1. The van der Waals surface area contributed by atoms with Crippen molar-refractivity contribution in [2.45, 2.75) is 25.5 Å². The van der Waals surface area contributed by atoms with Crippen LogP contribution >= 0.6 is 38.9 Å². The van der Waals surface area contributed by atoms with Crippen LogP contribution in [0.5, 0.6) is 17.2 Å².